The van der Waals surface area contributed by atoms with E-state index >= 15 is 0 Å². The van der Waals surface area contributed by atoms with E-state index in [0.717, 1.165) is 64.7 Å². The van der Waals surface area contributed by atoms with E-state index in [1.54, 1.807) is 7.11 Å². The first kappa shape index (κ1) is 21.7. The van der Waals surface area contributed by atoms with Crippen molar-refractivity contribution in [2.45, 2.75) is 43.6 Å². The Morgan fingerprint density at radius 2 is 1.78 bits per heavy atom. The lowest BCUT2D eigenvalue weighted by Crippen LogP contribution is -2.46. The van der Waals surface area contributed by atoms with Crippen LogP contribution in [0, 0.1) is 5.92 Å². The van der Waals surface area contributed by atoms with Gasteiger partial charge in [-0.25, -0.2) is 4.98 Å². The smallest absolute Gasteiger partial charge is 0.167 e. The summed E-state index contributed by atoms with van der Waals surface area (Å²) in [6.45, 7) is 0.384. The van der Waals surface area contributed by atoms with Gasteiger partial charge in [-0.05, 0) is 42.9 Å². The van der Waals surface area contributed by atoms with Crippen LogP contribution in [0.4, 0.5) is 0 Å². The molecule has 36 heavy (non-hydrogen) atoms. The van der Waals surface area contributed by atoms with Crippen molar-refractivity contribution in [2.24, 2.45) is 11.7 Å². The van der Waals surface area contributed by atoms with Crippen LogP contribution < -0.4 is 15.2 Å². The van der Waals surface area contributed by atoms with Gasteiger partial charge in [-0.2, -0.15) is 0 Å². The van der Waals surface area contributed by atoms with Gasteiger partial charge in [0, 0.05) is 29.2 Å². The fourth-order valence-electron chi connectivity index (χ4n) is 6.02. The molecule has 6 nitrogen and oxygen atoms in total. The topological polar surface area (TPSA) is 82.5 Å². The highest BCUT2D eigenvalue weighted by Gasteiger charge is 2.56. The number of nitrogens with two attached hydrogens (primary N) is 1. The highest BCUT2D eigenvalue weighted by atomic mass is 16.5. The molecule has 2 saturated carbocycles. The molecule has 182 valence electrons. The predicted octanol–water partition coefficient (Wildman–Crippen LogP) is 5.20. The number of methoxy groups -OCH3 is 1. The summed E-state index contributed by atoms with van der Waals surface area (Å²) in [5.74, 6) is 3.10. The molecule has 0 radical (unpaired) electrons. The average molecular weight is 480 g/mol. The Morgan fingerprint density at radius 1 is 1.03 bits per heavy atom. The van der Waals surface area contributed by atoms with Crippen LogP contribution in [-0.2, 0) is 6.73 Å². The molecule has 4 aromatic rings. The third-order valence-electron chi connectivity index (χ3n) is 8.18. The molecule has 3 N–H and O–H groups in total. The summed E-state index contributed by atoms with van der Waals surface area (Å²) in [5.41, 5.74) is 11.8. The molecule has 0 saturated heterocycles. The zero-order chi connectivity index (χ0) is 24.4. The second-order valence-corrected chi connectivity index (χ2v) is 10.4. The van der Waals surface area contributed by atoms with E-state index in [9.17, 15) is 5.11 Å². The number of hydrogen-bond acceptors (Lipinski definition) is 5. The van der Waals surface area contributed by atoms with Crippen LogP contribution >= 0.6 is 0 Å². The number of hydrogen-bond donors (Lipinski definition) is 2. The number of nitrogens with zero attached hydrogens (tertiary/aromatic N) is 2. The van der Waals surface area contributed by atoms with E-state index in [4.69, 9.17) is 20.2 Å². The zero-order valence-corrected chi connectivity index (χ0v) is 20.2. The van der Waals surface area contributed by atoms with Crippen LogP contribution in [-0.4, -0.2) is 33.4 Å². The maximum absolute atomic E-state index is 10.8. The van der Waals surface area contributed by atoms with Gasteiger partial charge in [-0.15, -0.1) is 0 Å². The fraction of sp³-hybridized carbons (Fsp3) is 0.300. The van der Waals surface area contributed by atoms with Crippen molar-refractivity contribution >= 4 is 0 Å². The fourth-order valence-corrected chi connectivity index (χ4v) is 6.02. The molecule has 3 aromatic carbocycles. The summed E-state index contributed by atoms with van der Waals surface area (Å²) in [6.07, 6.45) is 2.56. The van der Waals surface area contributed by atoms with Gasteiger partial charge in [0.2, 0.25) is 0 Å². The number of ether oxygens (including phenoxy) is 2. The monoisotopic (exact) mass is 479 g/mol. The van der Waals surface area contributed by atoms with Crippen molar-refractivity contribution in [3.05, 3.63) is 78.4 Å². The SMILES string of the molecule is COc1ccc2c(c1)OCn1c-2nc(-c2ccc(C3CC(O)([C@H]4C[C@@H]4N)C3)cc2)c1-c1ccccc1. The number of aliphatic hydroxyl groups is 1. The molecule has 0 amide bonds. The van der Waals surface area contributed by atoms with Crippen LogP contribution in [0.1, 0.15) is 30.7 Å². The molecule has 2 fully saturated rings. The molecule has 2 atom stereocenters. The molecule has 1 aromatic heterocycles. The Bertz CT molecular complexity index is 1440. The summed E-state index contributed by atoms with van der Waals surface area (Å²) < 4.78 is 13.7. The van der Waals surface area contributed by atoms with Gasteiger partial charge in [-0.3, -0.25) is 4.57 Å². The van der Waals surface area contributed by atoms with Gasteiger partial charge in [0.1, 0.15) is 17.3 Å². The first-order valence-electron chi connectivity index (χ1n) is 12.6. The van der Waals surface area contributed by atoms with Crippen LogP contribution in [0.2, 0.25) is 0 Å². The van der Waals surface area contributed by atoms with E-state index in [1.165, 1.54) is 5.56 Å². The van der Waals surface area contributed by atoms with Crippen molar-refractivity contribution in [3.63, 3.8) is 0 Å². The van der Waals surface area contributed by atoms with Gasteiger partial charge in [-0.1, -0.05) is 54.6 Å². The van der Waals surface area contributed by atoms with Crippen LogP contribution in [0.15, 0.2) is 72.8 Å². The molecule has 3 aliphatic rings. The van der Waals surface area contributed by atoms with E-state index < -0.39 is 5.60 Å². The van der Waals surface area contributed by atoms with Gasteiger partial charge >= 0.3 is 0 Å². The third kappa shape index (κ3) is 3.36. The minimum atomic E-state index is -0.567. The van der Waals surface area contributed by atoms with Gasteiger partial charge in [0.05, 0.1) is 29.7 Å². The Morgan fingerprint density at radius 3 is 2.47 bits per heavy atom. The molecule has 2 aliphatic carbocycles. The van der Waals surface area contributed by atoms with Gasteiger partial charge in [0.25, 0.3) is 0 Å². The first-order chi connectivity index (χ1) is 17.5. The summed E-state index contributed by atoms with van der Waals surface area (Å²) >= 11 is 0. The van der Waals surface area contributed by atoms with E-state index in [0.29, 0.717) is 12.6 Å². The number of benzene rings is 3. The van der Waals surface area contributed by atoms with Crippen LogP contribution in [0.5, 0.6) is 11.5 Å². The van der Waals surface area contributed by atoms with E-state index in [-0.39, 0.29) is 12.0 Å². The van der Waals surface area contributed by atoms with Crippen LogP contribution in [0.3, 0.4) is 0 Å². The lowest BCUT2D eigenvalue weighted by Gasteiger charge is -2.44. The summed E-state index contributed by atoms with van der Waals surface area (Å²) in [6, 6.07) is 25.1. The maximum Gasteiger partial charge on any atom is 0.167 e. The highest BCUT2D eigenvalue weighted by molar-refractivity contribution is 5.83. The number of imidazole rings is 1. The largest absolute Gasteiger partial charge is 0.497 e. The van der Waals surface area contributed by atoms with E-state index in [2.05, 4.69) is 41.0 Å². The minimum Gasteiger partial charge on any atom is -0.497 e. The second kappa shape index (κ2) is 7.95. The third-order valence-corrected chi connectivity index (χ3v) is 8.18. The molecule has 6 heteroatoms. The van der Waals surface area contributed by atoms with Gasteiger partial charge < -0.3 is 20.3 Å². The molecule has 0 unspecified atom stereocenters. The van der Waals surface area contributed by atoms with Crippen molar-refractivity contribution in [3.8, 4) is 45.4 Å². The molecule has 0 bridgehead atoms. The Labute approximate surface area is 210 Å². The number of aromatic nitrogens is 2. The quantitative estimate of drug-likeness (QED) is 0.411. The van der Waals surface area contributed by atoms with Crippen molar-refractivity contribution in [2.75, 3.05) is 7.11 Å². The number of rotatable bonds is 5. The predicted molar refractivity (Wildman–Crippen MR) is 139 cm³/mol. The average Bonchev–Trinajstić information content (AvgIpc) is 3.51. The molecule has 2 heterocycles. The Balaban J connectivity index is 1.26. The summed E-state index contributed by atoms with van der Waals surface area (Å²) in [4.78, 5) is 5.15. The number of fused-ring (bicyclic) bond motifs is 3. The van der Waals surface area contributed by atoms with Crippen molar-refractivity contribution < 1.29 is 14.6 Å². The van der Waals surface area contributed by atoms with E-state index in [1.807, 2.05) is 36.4 Å². The van der Waals surface area contributed by atoms with Crippen LogP contribution in [0.25, 0.3) is 33.9 Å². The van der Waals surface area contributed by atoms with Crippen molar-refractivity contribution in [1.82, 2.24) is 9.55 Å². The maximum atomic E-state index is 10.8. The van der Waals surface area contributed by atoms with Gasteiger partial charge in [0.15, 0.2) is 6.73 Å². The molecular weight excluding hydrogens is 450 g/mol. The molecule has 0 spiro atoms. The second-order valence-electron chi connectivity index (χ2n) is 10.4. The Kier molecular flexibility index (Phi) is 4.78. The normalized spacial score (nSPS) is 25.8. The minimum absolute atomic E-state index is 0.178. The lowest BCUT2D eigenvalue weighted by atomic mass is 9.65. The lowest BCUT2D eigenvalue weighted by molar-refractivity contribution is -0.0691. The zero-order valence-electron chi connectivity index (χ0n) is 20.2. The standard InChI is InChI=1S/C30H29N3O3/c1-35-22-11-12-23-26(13-22)36-17-33-28(20-5-3-2-4-6-20)27(32-29(23)33)19-9-7-18(8-10-19)21-15-30(34,16-21)24-14-25(24)31/h2-13,21,24-25,34H,14-17,31H2,1H3/t21?,24-,25-,30?/m0/s1. The first-order valence-corrected chi connectivity index (χ1v) is 12.6. The van der Waals surface area contributed by atoms with Crippen molar-refractivity contribution in [1.29, 1.82) is 0 Å². The molecule has 7 rings (SSSR count). The molecule has 1 aliphatic heterocycles. The highest BCUT2D eigenvalue weighted by Crippen LogP contribution is 2.55. The molecular formula is C30H29N3O3. The summed E-state index contributed by atoms with van der Waals surface area (Å²) in [5, 5.41) is 10.8. The Hall–Kier alpha value is -3.61. The summed E-state index contributed by atoms with van der Waals surface area (Å²) in [7, 11) is 1.66.